The molecule has 0 saturated heterocycles. The van der Waals surface area contributed by atoms with Crippen LogP contribution in [0.3, 0.4) is 0 Å². The van der Waals surface area contributed by atoms with Gasteiger partial charge in [-0.25, -0.2) is 4.39 Å². The second-order valence-electron chi connectivity index (χ2n) is 4.20. The Morgan fingerprint density at radius 2 is 1.90 bits per heavy atom. The van der Waals surface area contributed by atoms with Crippen molar-refractivity contribution < 1.29 is 27.4 Å². The number of aliphatic hydroxyl groups excluding tert-OH is 1. The molecule has 3 nitrogen and oxygen atoms in total. The number of nitrogens with zero attached hydrogens (tertiary/aromatic N) is 1. The Labute approximate surface area is 117 Å². The lowest BCUT2D eigenvalue weighted by Gasteiger charge is -2.16. The number of hydrogen-bond donors (Lipinski definition) is 1. The van der Waals surface area contributed by atoms with Gasteiger partial charge < -0.3 is 9.84 Å². The molecule has 7 heteroatoms. The monoisotopic (exact) mass is 301 g/mol. The number of hydrogen-bond acceptors (Lipinski definition) is 3. The standard InChI is InChI=1S/C14H11F4NO2/c1-21-10-6-3-7-19-12(10)13(20)8-4-2-5-9(11(8)15)14(16,17)18/h2-7,13,20H,1H3. The van der Waals surface area contributed by atoms with Crippen LogP contribution in [0, 0.1) is 5.82 Å². The Hall–Kier alpha value is -2.15. The van der Waals surface area contributed by atoms with Gasteiger partial charge in [-0.3, -0.25) is 4.98 Å². The third kappa shape index (κ3) is 2.97. The number of pyridine rings is 1. The Morgan fingerprint density at radius 1 is 1.19 bits per heavy atom. The van der Waals surface area contributed by atoms with Crippen molar-refractivity contribution in [1.29, 1.82) is 0 Å². The number of benzene rings is 1. The fourth-order valence-corrected chi connectivity index (χ4v) is 1.91. The largest absolute Gasteiger partial charge is 0.495 e. The summed E-state index contributed by atoms with van der Waals surface area (Å²) in [5.41, 5.74) is -2.01. The minimum absolute atomic E-state index is 0.0572. The zero-order chi connectivity index (χ0) is 15.6. The summed E-state index contributed by atoms with van der Waals surface area (Å²) in [6.07, 6.45) is -5.18. The van der Waals surface area contributed by atoms with Crippen molar-refractivity contribution in [1.82, 2.24) is 4.98 Å². The Kier molecular flexibility index (Phi) is 4.13. The SMILES string of the molecule is COc1cccnc1C(O)c1cccc(C(F)(F)F)c1F. The van der Waals surface area contributed by atoms with E-state index in [2.05, 4.69) is 4.98 Å². The van der Waals surface area contributed by atoms with Crippen molar-refractivity contribution >= 4 is 0 Å². The van der Waals surface area contributed by atoms with Gasteiger partial charge >= 0.3 is 6.18 Å². The molecule has 1 N–H and O–H groups in total. The Morgan fingerprint density at radius 3 is 2.52 bits per heavy atom. The summed E-state index contributed by atoms with van der Waals surface area (Å²) in [6, 6.07) is 5.71. The normalized spacial score (nSPS) is 13.0. The van der Waals surface area contributed by atoms with Crippen LogP contribution < -0.4 is 4.74 Å². The number of aromatic nitrogens is 1. The molecule has 2 rings (SSSR count). The van der Waals surface area contributed by atoms with Crippen molar-refractivity contribution in [3.05, 3.63) is 59.2 Å². The van der Waals surface area contributed by atoms with Crippen LogP contribution in [0.2, 0.25) is 0 Å². The molecule has 0 radical (unpaired) electrons. The third-order valence-electron chi connectivity index (χ3n) is 2.91. The van der Waals surface area contributed by atoms with Crippen molar-refractivity contribution in [2.75, 3.05) is 7.11 Å². The highest BCUT2D eigenvalue weighted by molar-refractivity contribution is 5.38. The number of aliphatic hydroxyl groups is 1. The minimum Gasteiger partial charge on any atom is -0.495 e. The van der Waals surface area contributed by atoms with Crippen LogP contribution >= 0.6 is 0 Å². The first-order chi connectivity index (χ1) is 9.86. The van der Waals surface area contributed by atoms with E-state index in [1.165, 1.54) is 25.4 Å². The summed E-state index contributed by atoms with van der Waals surface area (Å²) >= 11 is 0. The van der Waals surface area contributed by atoms with Gasteiger partial charge in [0.25, 0.3) is 0 Å². The minimum atomic E-state index is -4.84. The molecule has 1 aromatic heterocycles. The maximum absolute atomic E-state index is 14.0. The van der Waals surface area contributed by atoms with E-state index in [1.807, 2.05) is 0 Å². The molecule has 1 unspecified atom stereocenters. The lowest BCUT2D eigenvalue weighted by Crippen LogP contribution is -2.13. The van der Waals surface area contributed by atoms with Gasteiger partial charge in [0.15, 0.2) is 0 Å². The summed E-state index contributed by atoms with van der Waals surface area (Å²) in [6.45, 7) is 0. The molecule has 0 bridgehead atoms. The second kappa shape index (κ2) is 5.69. The van der Waals surface area contributed by atoms with E-state index < -0.39 is 29.2 Å². The summed E-state index contributed by atoms with van der Waals surface area (Å²) in [5, 5.41) is 10.1. The van der Waals surface area contributed by atoms with E-state index in [-0.39, 0.29) is 11.4 Å². The first-order valence-electron chi connectivity index (χ1n) is 5.89. The first-order valence-corrected chi connectivity index (χ1v) is 5.89. The van der Waals surface area contributed by atoms with Crippen LogP contribution in [0.4, 0.5) is 17.6 Å². The van der Waals surface area contributed by atoms with Crippen LogP contribution in [0.25, 0.3) is 0 Å². The molecular formula is C14H11F4NO2. The van der Waals surface area contributed by atoms with Crippen molar-refractivity contribution in [2.24, 2.45) is 0 Å². The highest BCUT2D eigenvalue weighted by Crippen LogP contribution is 2.36. The molecule has 112 valence electrons. The zero-order valence-corrected chi connectivity index (χ0v) is 10.9. The van der Waals surface area contributed by atoms with E-state index in [4.69, 9.17) is 4.74 Å². The molecule has 21 heavy (non-hydrogen) atoms. The molecule has 0 aliphatic heterocycles. The van der Waals surface area contributed by atoms with Crippen LogP contribution in [-0.2, 0) is 6.18 Å². The first kappa shape index (κ1) is 15.2. The molecule has 0 aliphatic carbocycles. The number of methoxy groups -OCH3 is 1. The maximum atomic E-state index is 14.0. The number of rotatable bonds is 3. The molecule has 1 heterocycles. The van der Waals surface area contributed by atoms with Gasteiger partial charge in [0.1, 0.15) is 23.4 Å². The van der Waals surface area contributed by atoms with Crippen LogP contribution in [-0.4, -0.2) is 17.2 Å². The molecule has 0 spiro atoms. The molecule has 0 aliphatic rings. The predicted molar refractivity (Wildman–Crippen MR) is 66.3 cm³/mol. The third-order valence-corrected chi connectivity index (χ3v) is 2.91. The van der Waals surface area contributed by atoms with E-state index in [0.717, 1.165) is 12.1 Å². The molecule has 0 saturated carbocycles. The highest BCUT2D eigenvalue weighted by Gasteiger charge is 2.36. The molecule has 1 atom stereocenters. The van der Waals surface area contributed by atoms with Crippen LogP contribution in [0.1, 0.15) is 22.9 Å². The lowest BCUT2D eigenvalue weighted by molar-refractivity contribution is -0.140. The highest BCUT2D eigenvalue weighted by atomic mass is 19.4. The quantitative estimate of drug-likeness (QED) is 0.884. The van der Waals surface area contributed by atoms with Gasteiger partial charge in [-0.05, 0) is 18.2 Å². The second-order valence-corrected chi connectivity index (χ2v) is 4.20. The number of halogens is 4. The molecule has 0 amide bonds. The van der Waals surface area contributed by atoms with Gasteiger partial charge in [0, 0.05) is 11.8 Å². The number of alkyl halides is 3. The van der Waals surface area contributed by atoms with Crippen molar-refractivity contribution in [3.63, 3.8) is 0 Å². The van der Waals surface area contributed by atoms with Crippen LogP contribution in [0.5, 0.6) is 5.75 Å². The summed E-state index contributed by atoms with van der Waals surface area (Å²) < 4.78 is 57.0. The van der Waals surface area contributed by atoms with Crippen LogP contribution in [0.15, 0.2) is 36.5 Å². The lowest BCUT2D eigenvalue weighted by atomic mass is 10.0. The zero-order valence-electron chi connectivity index (χ0n) is 10.9. The van der Waals surface area contributed by atoms with E-state index >= 15 is 0 Å². The predicted octanol–water partition coefficient (Wildman–Crippen LogP) is 3.33. The van der Waals surface area contributed by atoms with Gasteiger partial charge in [-0.2, -0.15) is 13.2 Å². The fraction of sp³-hybridized carbons (Fsp3) is 0.214. The van der Waals surface area contributed by atoms with E-state index in [9.17, 15) is 22.7 Å². The average Bonchev–Trinajstić information content (AvgIpc) is 2.45. The van der Waals surface area contributed by atoms with Crippen molar-refractivity contribution in [3.8, 4) is 5.75 Å². The summed E-state index contributed by atoms with van der Waals surface area (Å²) in [7, 11) is 1.32. The average molecular weight is 301 g/mol. The van der Waals surface area contributed by atoms with Crippen molar-refractivity contribution in [2.45, 2.75) is 12.3 Å². The van der Waals surface area contributed by atoms with Gasteiger partial charge in [-0.1, -0.05) is 12.1 Å². The van der Waals surface area contributed by atoms with E-state index in [1.54, 1.807) is 0 Å². The Balaban J connectivity index is 2.52. The smallest absolute Gasteiger partial charge is 0.419 e. The fourth-order valence-electron chi connectivity index (χ4n) is 1.91. The summed E-state index contributed by atoms with van der Waals surface area (Å²) in [4.78, 5) is 3.84. The molecular weight excluding hydrogens is 290 g/mol. The molecule has 0 fully saturated rings. The van der Waals surface area contributed by atoms with Gasteiger partial charge in [0.05, 0.1) is 12.7 Å². The van der Waals surface area contributed by atoms with Gasteiger partial charge in [0.2, 0.25) is 0 Å². The Bertz CT molecular complexity index is 643. The van der Waals surface area contributed by atoms with Gasteiger partial charge in [-0.15, -0.1) is 0 Å². The molecule has 1 aromatic carbocycles. The number of ether oxygens (including phenoxy) is 1. The van der Waals surface area contributed by atoms with E-state index in [0.29, 0.717) is 6.07 Å². The topological polar surface area (TPSA) is 42.4 Å². The summed E-state index contributed by atoms with van der Waals surface area (Å²) in [5.74, 6) is -1.37. The maximum Gasteiger partial charge on any atom is 0.419 e. The molecule has 2 aromatic rings.